The number of nitrogens with one attached hydrogen (secondary N) is 1. The Morgan fingerprint density at radius 1 is 1.21 bits per heavy atom. The number of sulfonamides is 1. The molecule has 33 heavy (non-hydrogen) atoms. The maximum absolute atomic E-state index is 13.2. The first-order chi connectivity index (χ1) is 15.6. The molecule has 2 aliphatic carbocycles. The number of alkyl halides is 3. The van der Waals surface area contributed by atoms with Crippen LogP contribution in [0.1, 0.15) is 49.3 Å². The van der Waals surface area contributed by atoms with Gasteiger partial charge in [-0.15, -0.1) is 0 Å². The van der Waals surface area contributed by atoms with Gasteiger partial charge in [-0.1, -0.05) is 12.1 Å². The van der Waals surface area contributed by atoms with E-state index in [0.717, 1.165) is 41.9 Å². The molecule has 6 nitrogen and oxygen atoms in total. The summed E-state index contributed by atoms with van der Waals surface area (Å²) in [6.45, 7) is 1.97. The maximum atomic E-state index is 13.2. The molecule has 2 fully saturated rings. The molecule has 0 atom stereocenters. The van der Waals surface area contributed by atoms with Gasteiger partial charge in [0.1, 0.15) is 16.5 Å². The van der Waals surface area contributed by atoms with Crippen molar-refractivity contribution in [2.24, 2.45) is 0 Å². The van der Waals surface area contributed by atoms with Gasteiger partial charge in [0, 0.05) is 17.6 Å². The Morgan fingerprint density at radius 2 is 1.94 bits per heavy atom. The average molecular weight is 475 g/mol. The van der Waals surface area contributed by atoms with Crippen LogP contribution in [0.5, 0.6) is 0 Å². The Hall–Kier alpha value is -2.90. The molecule has 10 heteroatoms. The highest BCUT2D eigenvalue weighted by atomic mass is 32.2. The minimum atomic E-state index is -4.66. The number of benzene rings is 1. The molecule has 0 saturated heterocycles. The first-order valence-electron chi connectivity index (χ1n) is 10.7. The number of aromatic nitrogens is 2. The van der Waals surface area contributed by atoms with E-state index in [4.69, 9.17) is 0 Å². The Labute approximate surface area is 189 Å². The van der Waals surface area contributed by atoms with Crippen LogP contribution in [0.3, 0.4) is 0 Å². The van der Waals surface area contributed by atoms with Crippen LogP contribution in [0.4, 0.5) is 13.2 Å². The highest BCUT2D eigenvalue weighted by Crippen LogP contribution is 2.50. The molecule has 1 aromatic carbocycles. The van der Waals surface area contributed by atoms with E-state index in [1.165, 1.54) is 12.1 Å². The summed E-state index contributed by atoms with van der Waals surface area (Å²) in [4.78, 5) is 3.94. The third-order valence-corrected chi connectivity index (χ3v) is 8.14. The molecule has 0 bridgehead atoms. The zero-order valence-corrected chi connectivity index (χ0v) is 18.6. The summed E-state index contributed by atoms with van der Waals surface area (Å²) < 4.78 is 68.8. The summed E-state index contributed by atoms with van der Waals surface area (Å²) in [5.41, 5.74) is 1.04. The van der Waals surface area contributed by atoms with Crippen LogP contribution in [0, 0.1) is 18.3 Å². The molecule has 0 spiro atoms. The quantitative estimate of drug-likeness (QED) is 0.565. The summed E-state index contributed by atoms with van der Waals surface area (Å²) in [6, 6.07) is 11.0. The molecule has 1 N–H and O–H groups in total. The fourth-order valence-electron chi connectivity index (χ4n) is 4.37. The summed E-state index contributed by atoms with van der Waals surface area (Å²) in [5, 5.41) is 10.7. The van der Waals surface area contributed by atoms with Gasteiger partial charge in [-0.05, 0) is 62.8 Å². The van der Waals surface area contributed by atoms with Crippen LogP contribution < -0.4 is 4.72 Å². The van der Waals surface area contributed by atoms with Gasteiger partial charge < -0.3 is 4.57 Å². The lowest BCUT2D eigenvalue weighted by atomic mass is 9.92. The number of hydrogen-bond donors (Lipinski definition) is 1. The summed E-state index contributed by atoms with van der Waals surface area (Å²) in [7, 11) is -4.41. The molecule has 5 rings (SSSR count). The van der Waals surface area contributed by atoms with E-state index in [1.807, 2.05) is 29.8 Å². The van der Waals surface area contributed by atoms with Crippen molar-refractivity contribution in [3.8, 4) is 17.5 Å². The SMILES string of the molecule is Cc1ccc2c(C#N)c(-c3ccc(S(=O)(=O)NC4(C(F)(F)F)CC4)cn3)n(C3CCC3)c2c1. The van der Waals surface area contributed by atoms with Crippen molar-refractivity contribution in [1.82, 2.24) is 14.3 Å². The molecule has 0 amide bonds. The molecule has 0 aliphatic heterocycles. The molecule has 2 heterocycles. The molecule has 0 unspecified atom stereocenters. The molecule has 0 radical (unpaired) electrons. The van der Waals surface area contributed by atoms with Crippen molar-refractivity contribution >= 4 is 20.9 Å². The zero-order valence-electron chi connectivity index (χ0n) is 17.8. The highest BCUT2D eigenvalue weighted by molar-refractivity contribution is 7.89. The monoisotopic (exact) mass is 474 g/mol. The smallest absolute Gasteiger partial charge is 0.335 e. The number of hydrogen-bond acceptors (Lipinski definition) is 4. The fraction of sp³-hybridized carbons (Fsp3) is 0.391. The number of fused-ring (bicyclic) bond motifs is 1. The number of halogens is 3. The third-order valence-electron chi connectivity index (χ3n) is 6.62. The van der Waals surface area contributed by atoms with Gasteiger partial charge in [-0.3, -0.25) is 4.98 Å². The maximum Gasteiger partial charge on any atom is 0.407 e. The number of nitriles is 1. The molecule has 2 aromatic heterocycles. The van der Waals surface area contributed by atoms with E-state index in [2.05, 4.69) is 15.6 Å². The largest absolute Gasteiger partial charge is 0.407 e. The van der Waals surface area contributed by atoms with E-state index >= 15 is 0 Å². The number of nitrogens with zero attached hydrogens (tertiary/aromatic N) is 3. The van der Waals surface area contributed by atoms with Gasteiger partial charge in [0.2, 0.25) is 10.0 Å². The minimum absolute atomic E-state index is 0.208. The van der Waals surface area contributed by atoms with Gasteiger partial charge >= 0.3 is 6.18 Å². The van der Waals surface area contributed by atoms with Crippen LogP contribution in [0.2, 0.25) is 0 Å². The fourth-order valence-corrected chi connectivity index (χ4v) is 5.76. The second-order valence-corrected chi connectivity index (χ2v) is 10.6. The summed E-state index contributed by atoms with van der Waals surface area (Å²) >= 11 is 0. The van der Waals surface area contributed by atoms with Crippen molar-refractivity contribution in [3.05, 3.63) is 47.7 Å². The molecular formula is C23H21F3N4O2S. The topological polar surface area (TPSA) is 87.8 Å². The first kappa shape index (κ1) is 21.9. The lowest BCUT2D eigenvalue weighted by Crippen LogP contribution is -2.47. The number of rotatable bonds is 5. The first-order valence-corrected chi connectivity index (χ1v) is 12.2. The van der Waals surface area contributed by atoms with E-state index in [9.17, 15) is 26.9 Å². The third kappa shape index (κ3) is 3.50. The molecule has 172 valence electrons. The van der Waals surface area contributed by atoms with Crippen molar-refractivity contribution in [2.45, 2.75) is 61.7 Å². The number of pyridine rings is 1. The molecule has 3 aromatic rings. The van der Waals surface area contributed by atoms with E-state index in [1.54, 1.807) is 0 Å². The Morgan fingerprint density at radius 3 is 2.45 bits per heavy atom. The Kier molecular flexibility index (Phi) is 4.85. The van der Waals surface area contributed by atoms with Crippen LogP contribution in [-0.4, -0.2) is 29.7 Å². The zero-order chi connectivity index (χ0) is 23.6. The van der Waals surface area contributed by atoms with Gasteiger partial charge in [0.05, 0.1) is 22.5 Å². The normalized spacial score (nSPS) is 18.2. The van der Waals surface area contributed by atoms with Crippen LogP contribution >= 0.6 is 0 Å². The van der Waals surface area contributed by atoms with Crippen LogP contribution in [0.15, 0.2) is 41.4 Å². The van der Waals surface area contributed by atoms with Crippen molar-refractivity contribution < 1.29 is 21.6 Å². The summed E-state index contributed by atoms with van der Waals surface area (Å²) in [6.07, 6.45) is -1.16. The van der Waals surface area contributed by atoms with Crippen molar-refractivity contribution in [3.63, 3.8) is 0 Å². The predicted octanol–water partition coefficient (Wildman–Crippen LogP) is 4.98. The minimum Gasteiger partial charge on any atom is -0.335 e. The van der Waals surface area contributed by atoms with E-state index < -0.39 is 21.7 Å². The highest BCUT2D eigenvalue weighted by Gasteiger charge is 2.65. The van der Waals surface area contributed by atoms with E-state index in [0.29, 0.717) is 17.0 Å². The predicted molar refractivity (Wildman–Crippen MR) is 116 cm³/mol. The lowest BCUT2D eigenvalue weighted by Gasteiger charge is -2.30. The average Bonchev–Trinajstić information content (AvgIpc) is 3.43. The molecule has 2 aliphatic rings. The second kappa shape index (κ2) is 7.30. The molecular weight excluding hydrogens is 453 g/mol. The second-order valence-electron chi connectivity index (χ2n) is 8.88. The van der Waals surface area contributed by atoms with Gasteiger partial charge in [0.15, 0.2) is 0 Å². The van der Waals surface area contributed by atoms with Gasteiger partial charge in [-0.25, -0.2) is 8.42 Å². The van der Waals surface area contributed by atoms with Gasteiger partial charge in [-0.2, -0.15) is 23.2 Å². The van der Waals surface area contributed by atoms with Crippen LogP contribution in [0.25, 0.3) is 22.3 Å². The number of aryl methyl sites for hydroxylation is 1. The van der Waals surface area contributed by atoms with Crippen LogP contribution in [-0.2, 0) is 10.0 Å². The molecule has 2 saturated carbocycles. The summed E-state index contributed by atoms with van der Waals surface area (Å²) in [5.74, 6) is 0. The van der Waals surface area contributed by atoms with Gasteiger partial charge in [0.25, 0.3) is 0 Å². The Balaban J connectivity index is 1.58. The lowest BCUT2D eigenvalue weighted by molar-refractivity contribution is -0.160. The van der Waals surface area contributed by atoms with E-state index in [-0.39, 0.29) is 23.8 Å². The van der Waals surface area contributed by atoms with Crippen molar-refractivity contribution in [2.75, 3.05) is 0 Å². The van der Waals surface area contributed by atoms with Crippen molar-refractivity contribution in [1.29, 1.82) is 5.26 Å². The Bertz CT molecular complexity index is 1390. The standard InChI is InChI=1S/C23H21F3N4O2S/c1-14-5-7-17-18(12-27)21(30(20(17)11-14)15-3-2-4-15)19-8-6-16(13-28-19)33(31,32)29-22(9-10-22)23(24,25)26/h5-8,11,13,15,29H,2-4,9-10H2,1H3.